The number of nitrogens with zero attached hydrogens (tertiary/aromatic N) is 2. The van der Waals surface area contributed by atoms with Crippen LogP contribution in [0.4, 0.5) is 26.3 Å². The molecule has 0 radical (unpaired) electrons. The van der Waals surface area contributed by atoms with Crippen LogP contribution in [0.2, 0.25) is 5.02 Å². The highest BCUT2D eigenvalue weighted by molar-refractivity contribution is 7.99. The predicted molar refractivity (Wildman–Crippen MR) is 142 cm³/mol. The highest BCUT2D eigenvalue weighted by Gasteiger charge is 2.37. The summed E-state index contributed by atoms with van der Waals surface area (Å²) in [5.41, 5.74) is -2.95. The Morgan fingerprint density at radius 1 is 1.05 bits per heavy atom. The zero-order valence-electron chi connectivity index (χ0n) is 21.9. The number of aryl methyl sites for hydroxylation is 2. The molecule has 0 amide bonds. The molecular formula is C26H25ClF6N2O6S. The molecule has 0 bridgehead atoms. The Morgan fingerprint density at radius 3 is 2.29 bits per heavy atom. The zero-order chi connectivity index (χ0) is 31.6. The van der Waals surface area contributed by atoms with Crippen LogP contribution in [-0.4, -0.2) is 72.6 Å². The highest BCUT2D eigenvalue weighted by Crippen LogP contribution is 2.45. The third kappa shape index (κ3) is 7.76. The highest BCUT2D eigenvalue weighted by atomic mass is 35.5. The average molecular weight is 643 g/mol. The molecule has 8 nitrogen and oxygen atoms in total. The molecule has 0 saturated heterocycles. The van der Waals surface area contributed by atoms with Gasteiger partial charge in [0.15, 0.2) is 11.8 Å². The van der Waals surface area contributed by atoms with Gasteiger partial charge in [0.2, 0.25) is 0 Å². The Labute approximate surface area is 244 Å². The fourth-order valence-corrected chi connectivity index (χ4v) is 5.05. The summed E-state index contributed by atoms with van der Waals surface area (Å²) in [6, 6.07) is 6.15. The van der Waals surface area contributed by atoms with Gasteiger partial charge in [-0.2, -0.15) is 43.2 Å². The number of aliphatic hydroxyl groups excluding tert-OH is 4. The lowest BCUT2D eigenvalue weighted by Gasteiger charge is -2.21. The molecule has 1 aromatic heterocycles. The van der Waals surface area contributed by atoms with E-state index in [0.29, 0.717) is 12.1 Å². The minimum atomic E-state index is -4.87. The summed E-state index contributed by atoms with van der Waals surface area (Å²) in [7, 11) is 1.18. The molecule has 2 aromatic carbocycles. The lowest BCUT2D eigenvalue weighted by atomic mass is 9.94. The van der Waals surface area contributed by atoms with Crippen LogP contribution < -0.4 is 4.74 Å². The number of benzene rings is 2. The van der Waals surface area contributed by atoms with E-state index in [1.807, 2.05) is 0 Å². The van der Waals surface area contributed by atoms with E-state index in [-0.39, 0.29) is 39.5 Å². The molecule has 3 unspecified atom stereocenters. The van der Waals surface area contributed by atoms with Crippen molar-refractivity contribution in [1.29, 1.82) is 0 Å². The molecule has 0 saturated carbocycles. The van der Waals surface area contributed by atoms with E-state index >= 15 is 0 Å². The minimum Gasteiger partial charge on any atom is -0.423 e. The number of carbonyl (C=O) groups excluding carboxylic acids is 1. The first-order chi connectivity index (χ1) is 19.4. The van der Waals surface area contributed by atoms with Gasteiger partial charge in [-0.15, -0.1) is 0 Å². The molecule has 4 N–H and O–H groups in total. The molecule has 1 heterocycles. The second kappa shape index (κ2) is 13.2. The van der Waals surface area contributed by atoms with Gasteiger partial charge in [-0.1, -0.05) is 23.7 Å². The number of halogens is 7. The van der Waals surface area contributed by atoms with E-state index in [2.05, 4.69) is 5.10 Å². The Balaban J connectivity index is 2.15. The molecule has 42 heavy (non-hydrogen) atoms. The number of hydrogen-bond acceptors (Lipinski definition) is 8. The van der Waals surface area contributed by atoms with Crippen LogP contribution in [0.25, 0.3) is 22.4 Å². The summed E-state index contributed by atoms with van der Waals surface area (Å²) in [4.78, 5) is 13.0. The first kappa shape index (κ1) is 33.7. The molecule has 0 aliphatic heterocycles. The molecular weight excluding hydrogens is 618 g/mol. The fraction of sp³-hybridized carbons (Fsp3) is 0.385. The van der Waals surface area contributed by atoms with Gasteiger partial charge in [0.1, 0.15) is 5.75 Å². The summed E-state index contributed by atoms with van der Waals surface area (Å²) in [5, 5.41) is 41.8. The number of aromatic nitrogens is 2. The van der Waals surface area contributed by atoms with Crippen molar-refractivity contribution in [1.82, 2.24) is 9.78 Å². The second-order valence-corrected chi connectivity index (χ2v) is 10.7. The molecule has 16 heteroatoms. The van der Waals surface area contributed by atoms with Crippen molar-refractivity contribution >= 4 is 29.3 Å². The Kier molecular flexibility index (Phi) is 10.6. The van der Waals surface area contributed by atoms with Crippen LogP contribution in [0.3, 0.4) is 0 Å². The molecule has 0 fully saturated rings. The summed E-state index contributed by atoms with van der Waals surface area (Å²) in [6.45, 7) is 0.897. The van der Waals surface area contributed by atoms with Crippen molar-refractivity contribution in [2.75, 3.05) is 18.1 Å². The van der Waals surface area contributed by atoms with E-state index in [0.717, 1.165) is 22.5 Å². The van der Waals surface area contributed by atoms with Crippen LogP contribution in [0.1, 0.15) is 16.8 Å². The maximum absolute atomic E-state index is 13.7. The van der Waals surface area contributed by atoms with E-state index in [1.54, 1.807) is 0 Å². The van der Waals surface area contributed by atoms with Crippen LogP contribution in [-0.2, 0) is 24.2 Å². The van der Waals surface area contributed by atoms with Crippen LogP contribution in [0.5, 0.6) is 5.75 Å². The Bertz CT molecular complexity index is 1430. The lowest BCUT2D eigenvalue weighted by molar-refractivity contribution is -0.148. The van der Waals surface area contributed by atoms with E-state index < -0.39 is 65.3 Å². The monoisotopic (exact) mass is 642 g/mol. The topological polar surface area (TPSA) is 125 Å². The Hall–Kier alpha value is -2.82. The molecule has 230 valence electrons. The van der Waals surface area contributed by atoms with E-state index in [9.17, 15) is 46.5 Å². The Morgan fingerprint density at radius 2 is 1.71 bits per heavy atom. The quantitative estimate of drug-likeness (QED) is 0.145. The van der Waals surface area contributed by atoms with Crippen molar-refractivity contribution in [2.45, 2.75) is 37.6 Å². The number of rotatable bonds is 10. The third-order valence-electron chi connectivity index (χ3n) is 5.99. The van der Waals surface area contributed by atoms with Crippen molar-refractivity contribution < 1.29 is 56.3 Å². The van der Waals surface area contributed by atoms with Crippen LogP contribution in [0.15, 0.2) is 36.4 Å². The minimum absolute atomic E-state index is 0.0400. The zero-order valence-corrected chi connectivity index (χ0v) is 23.4. The number of alkyl halides is 6. The van der Waals surface area contributed by atoms with Gasteiger partial charge in [0, 0.05) is 29.7 Å². The van der Waals surface area contributed by atoms with Gasteiger partial charge in [0.05, 0.1) is 35.1 Å². The maximum Gasteiger partial charge on any atom is 0.435 e. The van der Waals surface area contributed by atoms with E-state index in [1.165, 1.54) is 32.2 Å². The lowest BCUT2D eigenvalue weighted by Crippen LogP contribution is -2.39. The smallest absolute Gasteiger partial charge is 0.423 e. The average Bonchev–Trinajstić information content (AvgIpc) is 3.30. The molecule has 3 aromatic rings. The molecule has 0 aliphatic carbocycles. The first-order valence-electron chi connectivity index (χ1n) is 12.0. The first-order valence-corrected chi connectivity index (χ1v) is 13.6. The van der Waals surface area contributed by atoms with Crippen molar-refractivity contribution in [3.05, 3.63) is 58.2 Å². The predicted octanol–water partition coefficient (Wildman–Crippen LogP) is 4.47. The molecule has 0 aliphatic rings. The maximum atomic E-state index is 13.7. The van der Waals surface area contributed by atoms with E-state index in [4.69, 9.17) is 21.4 Å². The summed E-state index contributed by atoms with van der Waals surface area (Å²) < 4.78 is 87.4. The van der Waals surface area contributed by atoms with Crippen molar-refractivity contribution in [3.8, 4) is 28.1 Å². The molecule has 3 atom stereocenters. The second-order valence-electron chi connectivity index (χ2n) is 9.17. The largest absolute Gasteiger partial charge is 0.435 e. The number of hydrogen-bond donors (Lipinski definition) is 4. The van der Waals surface area contributed by atoms with Crippen molar-refractivity contribution in [3.63, 3.8) is 0 Å². The number of ether oxygens (including phenoxy) is 1. The summed E-state index contributed by atoms with van der Waals surface area (Å²) >= 11 is 6.65. The van der Waals surface area contributed by atoms with Gasteiger partial charge in [-0.05, 0) is 42.3 Å². The third-order valence-corrected chi connectivity index (χ3v) is 7.52. The standard InChI is InChI=1S/C26H25ClF6N2O6S/c1-12-3-5-15(18-8-20(26(31,32)33)34-35(18)2)23(21(12)13-4-6-17(27)16(7-13)25(28,29)30)41-24(40)22(39)19(38)11-42-10-14(37)9-36/h3-8,14,19,22,36-39H,9-11H2,1-2H3. The number of aliphatic hydroxyl groups is 4. The number of esters is 1. The van der Waals surface area contributed by atoms with Crippen molar-refractivity contribution in [2.24, 2.45) is 7.05 Å². The van der Waals surface area contributed by atoms with Gasteiger partial charge in [-0.3, -0.25) is 4.68 Å². The van der Waals surface area contributed by atoms with Gasteiger partial charge in [0.25, 0.3) is 0 Å². The van der Waals surface area contributed by atoms with Crippen LogP contribution >= 0.6 is 23.4 Å². The summed E-state index contributed by atoms with van der Waals surface area (Å²) in [5.74, 6) is -2.28. The summed E-state index contributed by atoms with van der Waals surface area (Å²) in [6.07, 6.45) is -14.8. The van der Waals surface area contributed by atoms with Gasteiger partial charge < -0.3 is 25.2 Å². The van der Waals surface area contributed by atoms with Gasteiger partial charge in [-0.25, -0.2) is 4.79 Å². The van der Waals surface area contributed by atoms with Gasteiger partial charge >= 0.3 is 18.3 Å². The van der Waals surface area contributed by atoms with Crippen LogP contribution in [0, 0.1) is 6.92 Å². The fourth-order valence-electron chi connectivity index (χ4n) is 3.89. The number of thioether (sulfide) groups is 1. The number of carbonyl (C=O) groups is 1. The molecule has 3 rings (SSSR count). The SMILES string of the molecule is Cc1ccc(-c2cc(C(F)(F)F)nn2C)c(OC(=O)C(O)C(O)CSCC(O)CO)c1-c1ccc(Cl)c(C(F)(F)F)c1. The normalized spacial score (nSPS) is 14.5. The molecule has 0 spiro atoms.